The number of carbonyl (C=O) groups excluding carboxylic acids is 3. The third-order valence-electron chi connectivity index (χ3n) is 4.43. The quantitative estimate of drug-likeness (QED) is 0.524. The van der Waals surface area contributed by atoms with Gasteiger partial charge in [-0.25, -0.2) is 13.4 Å². The van der Waals surface area contributed by atoms with E-state index in [-0.39, 0.29) is 20.7 Å². The van der Waals surface area contributed by atoms with Crippen molar-refractivity contribution in [3.8, 4) is 0 Å². The number of amides is 1. The second-order valence-corrected chi connectivity index (χ2v) is 12.1. The zero-order chi connectivity index (χ0) is 21.2. The van der Waals surface area contributed by atoms with E-state index in [9.17, 15) is 22.8 Å². The number of allylic oxidation sites excluding steroid dienone is 1. The number of nitrogens with zero attached hydrogens (tertiary/aromatic N) is 1. The molecule has 0 saturated carbocycles. The summed E-state index contributed by atoms with van der Waals surface area (Å²) in [6.07, 6.45) is 4.51. The van der Waals surface area contributed by atoms with Crippen LogP contribution < -0.4 is 5.32 Å². The molecular weight excluding hydrogens is 456 g/mol. The maximum absolute atomic E-state index is 12.9. The van der Waals surface area contributed by atoms with E-state index in [4.69, 9.17) is 11.6 Å². The molecule has 1 atom stereocenters. The first-order valence-corrected chi connectivity index (χ1v) is 13.5. The molecule has 0 bridgehead atoms. The number of sulfone groups is 1. The van der Waals surface area contributed by atoms with Gasteiger partial charge in [-0.1, -0.05) is 41.1 Å². The Morgan fingerprint density at radius 1 is 1.31 bits per heavy atom. The average Bonchev–Trinajstić information content (AvgIpc) is 3.07. The second kappa shape index (κ2) is 8.78. The molecule has 1 saturated heterocycles. The van der Waals surface area contributed by atoms with Crippen LogP contribution in [0.1, 0.15) is 12.0 Å². The molecule has 7 nitrogen and oxygen atoms in total. The lowest BCUT2D eigenvalue weighted by Crippen LogP contribution is -2.27. The number of hydrogen-bond donors (Lipinski definition) is 1. The molecule has 1 aliphatic heterocycles. The number of nitrogens with one attached hydrogen (secondary N) is 1. The highest BCUT2D eigenvalue weighted by Gasteiger charge is 2.28. The Balaban J connectivity index is 1.98. The Morgan fingerprint density at radius 3 is 2.59 bits per heavy atom. The molecule has 1 aromatic carbocycles. The lowest BCUT2D eigenvalue weighted by Gasteiger charge is -2.19. The van der Waals surface area contributed by atoms with Gasteiger partial charge in [0.1, 0.15) is 4.34 Å². The normalized spacial score (nSPS) is 18.3. The van der Waals surface area contributed by atoms with Crippen LogP contribution in [0.25, 0.3) is 5.57 Å². The van der Waals surface area contributed by atoms with Gasteiger partial charge in [-0.3, -0.25) is 31.5 Å². The van der Waals surface area contributed by atoms with Crippen LogP contribution in [0.5, 0.6) is 0 Å². The summed E-state index contributed by atoms with van der Waals surface area (Å²) in [4.78, 5) is 41.1. The topological polar surface area (TPSA) is 110 Å². The van der Waals surface area contributed by atoms with Crippen LogP contribution in [-0.2, 0) is 24.2 Å². The number of carbonyl (C=O) groups is 3. The largest absolute Gasteiger partial charge is 0.298 e. The van der Waals surface area contributed by atoms with Crippen molar-refractivity contribution in [2.24, 2.45) is 5.92 Å². The number of halogens is 1. The number of hydrogen-bond acceptors (Lipinski definition) is 7. The van der Waals surface area contributed by atoms with Crippen LogP contribution in [0.3, 0.4) is 0 Å². The van der Waals surface area contributed by atoms with Crippen LogP contribution in [0.15, 0.2) is 41.4 Å². The summed E-state index contributed by atoms with van der Waals surface area (Å²) >= 11 is 5.89. The zero-order valence-corrected chi connectivity index (χ0v) is 19.1. The van der Waals surface area contributed by atoms with Gasteiger partial charge in [-0.05, 0) is 29.9 Å². The molecule has 11 heteroatoms. The summed E-state index contributed by atoms with van der Waals surface area (Å²) in [5, 5.41) is 2.61. The standard InChI is InChI=1S/C18H19ClN2O5S3/c1-29(25,26)12-4-2-10(3-5-12)13(8-11-6-7-27-17(24)15(11)22)16(23)21-18-20-9-14(19)28-18/h2-5,8-9,11H,6-7H2,1H3,27H4,(H,20,21,23)/b13-8+. The van der Waals surface area contributed by atoms with Crippen molar-refractivity contribution in [3.63, 3.8) is 0 Å². The van der Waals surface area contributed by atoms with Gasteiger partial charge in [0.2, 0.25) is 10.9 Å². The van der Waals surface area contributed by atoms with E-state index < -0.39 is 39.2 Å². The number of ketones is 1. The van der Waals surface area contributed by atoms with Gasteiger partial charge in [0.25, 0.3) is 5.91 Å². The van der Waals surface area contributed by atoms with Gasteiger partial charge in [-0.15, -0.1) is 0 Å². The maximum atomic E-state index is 12.9. The van der Waals surface area contributed by atoms with Gasteiger partial charge in [0, 0.05) is 17.7 Å². The molecule has 156 valence electrons. The van der Waals surface area contributed by atoms with Crippen molar-refractivity contribution >= 4 is 72.0 Å². The molecule has 1 aliphatic rings. The zero-order valence-electron chi connectivity index (χ0n) is 15.3. The number of Topliss-reactive ketones (excluding diaryl/α,β-unsaturated/α-hetero) is 1. The molecular formula is C18H19ClN2O5S3. The Morgan fingerprint density at radius 2 is 2.00 bits per heavy atom. The monoisotopic (exact) mass is 474 g/mol. The van der Waals surface area contributed by atoms with Crippen molar-refractivity contribution in [2.45, 2.75) is 11.3 Å². The van der Waals surface area contributed by atoms with E-state index >= 15 is 0 Å². The van der Waals surface area contributed by atoms with E-state index in [1.165, 1.54) is 36.5 Å². The van der Waals surface area contributed by atoms with Crippen molar-refractivity contribution < 1.29 is 22.8 Å². The molecule has 29 heavy (non-hydrogen) atoms. The first-order chi connectivity index (χ1) is 13.6. The SMILES string of the molecule is CS(=O)(=O)c1ccc(/C(=C\C2CC[SH4]C(=O)C2=O)C(=O)Nc2ncc(Cl)s2)cc1. The molecule has 0 spiro atoms. The van der Waals surface area contributed by atoms with E-state index in [1.807, 2.05) is 0 Å². The minimum atomic E-state index is -3.39. The predicted molar refractivity (Wildman–Crippen MR) is 119 cm³/mol. The lowest BCUT2D eigenvalue weighted by molar-refractivity contribution is -0.133. The van der Waals surface area contributed by atoms with Gasteiger partial charge in [-0.2, -0.15) is 0 Å². The molecule has 2 aromatic rings. The molecule has 1 unspecified atom stereocenters. The second-order valence-electron chi connectivity index (χ2n) is 6.59. The summed E-state index contributed by atoms with van der Waals surface area (Å²) in [6, 6.07) is 5.79. The first-order valence-electron chi connectivity index (χ1n) is 8.67. The minimum absolute atomic E-state index is 0.114. The molecule has 0 radical (unpaired) electrons. The van der Waals surface area contributed by atoms with E-state index in [0.29, 0.717) is 22.1 Å². The third kappa shape index (κ3) is 5.33. The maximum Gasteiger partial charge on any atom is 0.257 e. The highest BCUT2D eigenvalue weighted by molar-refractivity contribution is 8.15. The Labute approximate surface area is 180 Å². The molecule has 0 aliphatic carbocycles. The summed E-state index contributed by atoms with van der Waals surface area (Å²) in [6.45, 7) is 0. The summed E-state index contributed by atoms with van der Waals surface area (Å²) < 4.78 is 23.8. The van der Waals surface area contributed by atoms with Crippen LogP contribution >= 0.6 is 34.7 Å². The summed E-state index contributed by atoms with van der Waals surface area (Å²) in [5.41, 5.74) is 0.603. The number of rotatable bonds is 5. The van der Waals surface area contributed by atoms with Crippen molar-refractivity contribution in [3.05, 3.63) is 46.4 Å². The van der Waals surface area contributed by atoms with Crippen LogP contribution in [0.2, 0.25) is 4.34 Å². The molecule has 1 amide bonds. The van der Waals surface area contributed by atoms with E-state index in [2.05, 4.69) is 10.3 Å². The molecule has 2 heterocycles. The fraction of sp³-hybridized carbons (Fsp3) is 0.222. The predicted octanol–water partition coefficient (Wildman–Crippen LogP) is 2.00. The van der Waals surface area contributed by atoms with Crippen LogP contribution in [0.4, 0.5) is 5.13 Å². The molecule has 1 N–H and O–H groups in total. The Kier molecular flexibility index (Phi) is 6.57. The highest BCUT2D eigenvalue weighted by atomic mass is 35.5. The smallest absolute Gasteiger partial charge is 0.257 e. The minimum Gasteiger partial charge on any atom is -0.298 e. The van der Waals surface area contributed by atoms with E-state index in [0.717, 1.165) is 17.6 Å². The summed E-state index contributed by atoms with van der Waals surface area (Å²) in [5.74, 6) is -0.945. The fourth-order valence-electron chi connectivity index (χ4n) is 2.97. The van der Waals surface area contributed by atoms with E-state index in [1.54, 1.807) is 0 Å². The van der Waals surface area contributed by atoms with Crippen molar-refractivity contribution in [1.29, 1.82) is 0 Å². The number of anilines is 1. The van der Waals surface area contributed by atoms with Crippen LogP contribution in [-0.4, -0.2) is 42.2 Å². The number of thiazole rings is 1. The number of benzene rings is 1. The Bertz CT molecular complexity index is 1110. The Hall–Kier alpha value is -2.01. The third-order valence-corrected chi connectivity index (χ3v) is 8.16. The van der Waals surface area contributed by atoms with Gasteiger partial charge in [0.05, 0.1) is 11.1 Å². The highest BCUT2D eigenvalue weighted by Crippen LogP contribution is 2.29. The van der Waals surface area contributed by atoms with Crippen LogP contribution in [0, 0.1) is 5.92 Å². The fourth-order valence-corrected chi connectivity index (χ4v) is 5.88. The molecule has 1 aromatic heterocycles. The number of aromatic nitrogens is 1. The van der Waals surface area contributed by atoms with Crippen molar-refractivity contribution in [2.75, 3.05) is 17.3 Å². The van der Waals surface area contributed by atoms with Crippen molar-refractivity contribution in [1.82, 2.24) is 4.98 Å². The van der Waals surface area contributed by atoms with Gasteiger partial charge >= 0.3 is 0 Å². The molecule has 1 fully saturated rings. The first kappa shape index (κ1) is 21.7. The summed E-state index contributed by atoms with van der Waals surface area (Å²) in [7, 11) is -3.39. The van der Waals surface area contributed by atoms with Gasteiger partial charge < -0.3 is 0 Å². The van der Waals surface area contributed by atoms with Gasteiger partial charge in [0.15, 0.2) is 15.0 Å². The lowest BCUT2D eigenvalue weighted by atomic mass is 9.94. The molecule has 3 rings (SSSR count). The average molecular weight is 475 g/mol.